The number of aliphatic hydroxyl groups is 1. The lowest BCUT2D eigenvalue weighted by Gasteiger charge is -2.20. The molecular weight excluding hydrogens is 256 g/mol. The molecule has 1 aliphatic rings. The first-order chi connectivity index (χ1) is 9.65. The normalized spacial score (nSPS) is 17.8. The lowest BCUT2D eigenvalue weighted by Crippen LogP contribution is -2.12. The summed E-state index contributed by atoms with van der Waals surface area (Å²) in [6.07, 6.45) is 4.44. The monoisotopic (exact) mass is 272 g/mol. The van der Waals surface area contributed by atoms with Crippen molar-refractivity contribution in [3.05, 3.63) is 63.5 Å². The highest BCUT2D eigenvalue weighted by Gasteiger charge is 2.21. The number of hydrogen-bond donors (Lipinski definition) is 1. The van der Waals surface area contributed by atoms with Crippen LogP contribution in [0.15, 0.2) is 36.5 Å². The van der Waals surface area contributed by atoms with E-state index in [0.717, 1.165) is 30.4 Å². The van der Waals surface area contributed by atoms with E-state index in [0.29, 0.717) is 6.54 Å². The minimum Gasteiger partial charge on any atom is -0.388 e. The second kappa shape index (κ2) is 5.09. The lowest BCUT2D eigenvalue weighted by molar-refractivity contribution is -0.384. The van der Waals surface area contributed by atoms with E-state index in [2.05, 4.69) is 4.57 Å². The maximum absolute atomic E-state index is 10.6. The Kier molecular flexibility index (Phi) is 3.28. The van der Waals surface area contributed by atoms with Gasteiger partial charge in [-0.1, -0.05) is 12.1 Å². The smallest absolute Gasteiger partial charge is 0.269 e. The van der Waals surface area contributed by atoms with Crippen LogP contribution in [0, 0.1) is 10.1 Å². The van der Waals surface area contributed by atoms with Gasteiger partial charge in [-0.25, -0.2) is 0 Å². The number of aromatic nitrogens is 1. The number of nitro benzene ring substituents is 1. The molecule has 2 aromatic rings. The zero-order chi connectivity index (χ0) is 14.1. The third-order valence-electron chi connectivity index (χ3n) is 3.86. The molecule has 5 heteroatoms. The summed E-state index contributed by atoms with van der Waals surface area (Å²) in [5, 5.41) is 20.6. The quantitative estimate of drug-likeness (QED) is 0.690. The molecule has 20 heavy (non-hydrogen) atoms. The summed E-state index contributed by atoms with van der Waals surface area (Å²) in [5.41, 5.74) is 3.34. The van der Waals surface area contributed by atoms with E-state index in [1.165, 1.54) is 17.8 Å². The maximum Gasteiger partial charge on any atom is 0.269 e. The van der Waals surface area contributed by atoms with Crippen LogP contribution >= 0.6 is 0 Å². The van der Waals surface area contributed by atoms with Crippen LogP contribution in [0.2, 0.25) is 0 Å². The van der Waals surface area contributed by atoms with Crippen LogP contribution in [0.25, 0.3) is 0 Å². The van der Waals surface area contributed by atoms with Gasteiger partial charge >= 0.3 is 0 Å². The van der Waals surface area contributed by atoms with Crippen LogP contribution in [0.3, 0.4) is 0 Å². The maximum atomic E-state index is 10.6. The van der Waals surface area contributed by atoms with Gasteiger partial charge in [0.25, 0.3) is 5.69 Å². The van der Waals surface area contributed by atoms with Crippen LogP contribution in [0.5, 0.6) is 0 Å². The van der Waals surface area contributed by atoms with Crippen molar-refractivity contribution < 1.29 is 10.0 Å². The minimum absolute atomic E-state index is 0.110. The standard InChI is InChI=1S/C15H16N2O3/c18-15-3-1-2-14-13(15)8-9-16(14)10-11-4-6-12(7-5-11)17(19)20/h4-9,15,18H,1-3,10H2. The summed E-state index contributed by atoms with van der Waals surface area (Å²) < 4.78 is 2.12. The Balaban J connectivity index is 1.83. The van der Waals surface area contributed by atoms with Gasteiger partial charge in [-0.2, -0.15) is 0 Å². The average molecular weight is 272 g/mol. The molecule has 0 saturated heterocycles. The van der Waals surface area contributed by atoms with E-state index in [9.17, 15) is 15.2 Å². The van der Waals surface area contributed by atoms with E-state index >= 15 is 0 Å². The van der Waals surface area contributed by atoms with Crippen LogP contribution < -0.4 is 0 Å². The van der Waals surface area contributed by atoms with E-state index in [1.54, 1.807) is 12.1 Å². The van der Waals surface area contributed by atoms with Gasteiger partial charge in [-0.3, -0.25) is 10.1 Å². The number of fused-ring (bicyclic) bond motifs is 1. The highest BCUT2D eigenvalue weighted by Crippen LogP contribution is 2.30. The van der Waals surface area contributed by atoms with Gasteiger partial charge in [0, 0.05) is 36.1 Å². The third kappa shape index (κ3) is 2.32. The number of hydrogen-bond acceptors (Lipinski definition) is 3. The molecule has 1 unspecified atom stereocenters. The van der Waals surface area contributed by atoms with Crippen molar-refractivity contribution in [3.63, 3.8) is 0 Å². The Bertz CT molecular complexity index is 631. The topological polar surface area (TPSA) is 68.3 Å². The van der Waals surface area contributed by atoms with Crippen LogP contribution in [0.4, 0.5) is 5.69 Å². The summed E-state index contributed by atoms with van der Waals surface area (Å²) in [4.78, 5) is 10.2. The fraction of sp³-hybridized carbons (Fsp3) is 0.333. The van der Waals surface area contributed by atoms with Crippen LogP contribution in [-0.2, 0) is 13.0 Å². The predicted molar refractivity (Wildman–Crippen MR) is 74.5 cm³/mol. The highest BCUT2D eigenvalue weighted by atomic mass is 16.6. The summed E-state index contributed by atoms with van der Waals surface area (Å²) in [5.74, 6) is 0. The molecule has 1 N–H and O–H groups in total. The summed E-state index contributed by atoms with van der Waals surface area (Å²) in [6.45, 7) is 0.681. The molecule has 0 bridgehead atoms. The van der Waals surface area contributed by atoms with Gasteiger partial charge < -0.3 is 9.67 Å². The van der Waals surface area contributed by atoms with Crippen molar-refractivity contribution in [2.24, 2.45) is 0 Å². The van der Waals surface area contributed by atoms with Gasteiger partial charge in [0.15, 0.2) is 0 Å². The number of nitrogens with zero attached hydrogens (tertiary/aromatic N) is 2. The number of benzene rings is 1. The van der Waals surface area contributed by atoms with Crippen molar-refractivity contribution in [2.75, 3.05) is 0 Å². The molecule has 0 radical (unpaired) electrons. The Morgan fingerprint density at radius 1 is 1.30 bits per heavy atom. The summed E-state index contributed by atoms with van der Waals surface area (Å²) in [7, 11) is 0. The predicted octanol–water partition coefficient (Wildman–Crippen LogP) is 2.81. The molecular formula is C15H16N2O3. The molecule has 0 saturated carbocycles. The Hall–Kier alpha value is -2.14. The third-order valence-corrected chi connectivity index (χ3v) is 3.86. The SMILES string of the molecule is O=[N+]([O-])c1ccc(Cn2ccc3c2CCCC3O)cc1. The van der Waals surface area contributed by atoms with Crippen molar-refractivity contribution >= 4 is 5.69 Å². The van der Waals surface area contributed by atoms with E-state index in [1.807, 2.05) is 12.3 Å². The molecule has 1 heterocycles. The minimum atomic E-state index is -0.391. The van der Waals surface area contributed by atoms with Crippen LogP contribution in [0.1, 0.15) is 35.8 Å². The van der Waals surface area contributed by atoms with Gasteiger partial charge in [0.05, 0.1) is 11.0 Å². The average Bonchev–Trinajstić information content (AvgIpc) is 2.84. The fourth-order valence-electron chi connectivity index (χ4n) is 2.80. The van der Waals surface area contributed by atoms with Crippen molar-refractivity contribution in [1.29, 1.82) is 0 Å². The second-order valence-electron chi connectivity index (χ2n) is 5.18. The fourth-order valence-corrected chi connectivity index (χ4v) is 2.80. The van der Waals surface area contributed by atoms with E-state index < -0.39 is 4.92 Å². The largest absolute Gasteiger partial charge is 0.388 e. The van der Waals surface area contributed by atoms with Gasteiger partial charge in [0.1, 0.15) is 0 Å². The zero-order valence-corrected chi connectivity index (χ0v) is 11.0. The number of rotatable bonds is 3. The first-order valence-corrected chi connectivity index (χ1v) is 6.74. The molecule has 1 aromatic carbocycles. The molecule has 5 nitrogen and oxygen atoms in total. The molecule has 3 rings (SSSR count). The Labute approximate surface area is 116 Å². The van der Waals surface area contributed by atoms with Gasteiger partial charge in [-0.15, -0.1) is 0 Å². The molecule has 1 aliphatic carbocycles. The Morgan fingerprint density at radius 2 is 2.05 bits per heavy atom. The van der Waals surface area contributed by atoms with E-state index in [4.69, 9.17) is 0 Å². The number of aliphatic hydroxyl groups excluding tert-OH is 1. The van der Waals surface area contributed by atoms with Gasteiger partial charge in [0.2, 0.25) is 0 Å². The molecule has 0 fully saturated rings. The molecule has 0 amide bonds. The highest BCUT2D eigenvalue weighted by molar-refractivity contribution is 5.34. The Morgan fingerprint density at radius 3 is 2.75 bits per heavy atom. The van der Waals surface area contributed by atoms with Crippen molar-refractivity contribution in [1.82, 2.24) is 4.57 Å². The molecule has 1 atom stereocenters. The number of nitro groups is 1. The molecule has 1 aromatic heterocycles. The molecule has 0 spiro atoms. The molecule has 104 valence electrons. The first kappa shape index (κ1) is 12.9. The molecule has 0 aliphatic heterocycles. The lowest BCUT2D eigenvalue weighted by atomic mass is 9.95. The second-order valence-corrected chi connectivity index (χ2v) is 5.18. The van der Waals surface area contributed by atoms with Gasteiger partial charge in [-0.05, 0) is 30.9 Å². The summed E-state index contributed by atoms with van der Waals surface area (Å²) in [6, 6.07) is 8.60. The number of non-ortho nitro benzene ring substituents is 1. The zero-order valence-electron chi connectivity index (χ0n) is 11.0. The van der Waals surface area contributed by atoms with Crippen molar-refractivity contribution in [3.8, 4) is 0 Å². The summed E-state index contributed by atoms with van der Waals surface area (Å²) >= 11 is 0. The van der Waals surface area contributed by atoms with Crippen molar-refractivity contribution in [2.45, 2.75) is 31.9 Å². The van der Waals surface area contributed by atoms with E-state index in [-0.39, 0.29) is 11.8 Å². The first-order valence-electron chi connectivity index (χ1n) is 6.74. The van der Waals surface area contributed by atoms with Crippen LogP contribution in [-0.4, -0.2) is 14.6 Å².